The molecule has 0 aromatic carbocycles. The van der Waals surface area contributed by atoms with Gasteiger partial charge in [-0.15, -0.1) is 0 Å². The molecule has 1 aliphatic carbocycles. The lowest BCUT2D eigenvalue weighted by Crippen LogP contribution is -2.41. The molecule has 1 N–H and O–H groups in total. The lowest BCUT2D eigenvalue weighted by atomic mass is 9.83. The Hall–Kier alpha value is -1.60. The van der Waals surface area contributed by atoms with Crippen LogP contribution in [-0.2, 0) is 9.31 Å². The minimum atomic E-state index is -0.599. The molecule has 2 heterocycles. The predicted octanol–water partition coefficient (Wildman–Crippen LogP) is 1.28. The summed E-state index contributed by atoms with van der Waals surface area (Å²) in [4.78, 5) is 16.6. The molecule has 124 valence electrons. The van der Waals surface area contributed by atoms with Crippen LogP contribution in [-0.4, -0.2) is 42.4 Å². The van der Waals surface area contributed by atoms with Crippen molar-refractivity contribution in [1.82, 2.24) is 10.3 Å². The Kier molecular flexibility index (Phi) is 3.88. The van der Waals surface area contributed by atoms with Gasteiger partial charge < -0.3 is 19.4 Å². The summed E-state index contributed by atoms with van der Waals surface area (Å²) in [5.41, 5.74) is 0.135. The molecule has 0 unspecified atom stereocenters. The molecule has 2 fully saturated rings. The molecule has 0 bridgehead atoms. The summed E-state index contributed by atoms with van der Waals surface area (Å²) in [6.45, 7) is 7.93. The van der Waals surface area contributed by atoms with Crippen LogP contribution in [0.3, 0.4) is 0 Å². The van der Waals surface area contributed by atoms with Gasteiger partial charge >= 0.3 is 7.12 Å². The van der Waals surface area contributed by atoms with E-state index in [0.29, 0.717) is 16.9 Å². The highest BCUT2D eigenvalue weighted by molar-refractivity contribution is 6.61. The quantitative estimate of drug-likeness (QED) is 0.847. The van der Waals surface area contributed by atoms with Gasteiger partial charge in [0.15, 0.2) is 5.75 Å². The van der Waals surface area contributed by atoms with E-state index in [0.717, 1.165) is 12.8 Å². The number of pyridine rings is 1. The molecular formula is C16H23BN2O4. The number of nitrogens with zero attached hydrogens (tertiary/aromatic N) is 1. The number of hydrogen-bond acceptors (Lipinski definition) is 5. The van der Waals surface area contributed by atoms with Crippen LogP contribution in [0.5, 0.6) is 5.75 Å². The summed E-state index contributed by atoms with van der Waals surface area (Å²) < 4.78 is 17.8. The van der Waals surface area contributed by atoms with Crippen LogP contribution in [0.2, 0.25) is 0 Å². The van der Waals surface area contributed by atoms with E-state index in [1.54, 1.807) is 19.3 Å². The summed E-state index contributed by atoms with van der Waals surface area (Å²) in [5, 5.41) is 2.64. The summed E-state index contributed by atoms with van der Waals surface area (Å²) in [5.74, 6) is 0.299. The summed E-state index contributed by atoms with van der Waals surface area (Å²) >= 11 is 0. The fraction of sp³-hybridized carbons (Fsp3) is 0.625. The van der Waals surface area contributed by atoms with E-state index < -0.39 is 18.3 Å². The van der Waals surface area contributed by atoms with E-state index in [2.05, 4.69) is 10.3 Å². The molecular weight excluding hydrogens is 295 g/mol. The molecule has 1 saturated heterocycles. The maximum Gasteiger partial charge on any atom is 0.514 e. The van der Waals surface area contributed by atoms with E-state index in [4.69, 9.17) is 14.0 Å². The van der Waals surface area contributed by atoms with Gasteiger partial charge in [-0.05, 0) is 46.6 Å². The fourth-order valence-electron chi connectivity index (χ4n) is 2.32. The van der Waals surface area contributed by atoms with Crippen LogP contribution in [0.1, 0.15) is 50.9 Å². The maximum atomic E-state index is 12.2. The third kappa shape index (κ3) is 3.08. The smallest absolute Gasteiger partial charge is 0.488 e. The summed E-state index contributed by atoms with van der Waals surface area (Å²) in [7, 11) is 0.997. The second-order valence-electron chi connectivity index (χ2n) is 7.09. The molecule has 0 atom stereocenters. The Morgan fingerprint density at radius 1 is 1.30 bits per heavy atom. The topological polar surface area (TPSA) is 69.7 Å². The molecule has 23 heavy (non-hydrogen) atoms. The molecule has 7 heteroatoms. The van der Waals surface area contributed by atoms with Gasteiger partial charge in [-0.3, -0.25) is 9.78 Å². The highest BCUT2D eigenvalue weighted by atomic mass is 16.7. The van der Waals surface area contributed by atoms with Gasteiger partial charge in [0.25, 0.3) is 5.91 Å². The lowest BCUT2D eigenvalue weighted by molar-refractivity contribution is 0.00578. The summed E-state index contributed by atoms with van der Waals surface area (Å²) in [6.07, 6.45) is 3.82. The Labute approximate surface area is 137 Å². The van der Waals surface area contributed by atoms with Crippen LogP contribution >= 0.6 is 0 Å². The Morgan fingerprint density at radius 2 is 1.91 bits per heavy atom. The predicted molar refractivity (Wildman–Crippen MR) is 87.0 cm³/mol. The van der Waals surface area contributed by atoms with E-state index >= 15 is 0 Å². The van der Waals surface area contributed by atoms with Crippen LogP contribution in [0.15, 0.2) is 12.3 Å². The number of carbonyl (C=O) groups is 1. The minimum absolute atomic E-state index is 0.197. The van der Waals surface area contributed by atoms with E-state index in [1.807, 2.05) is 27.7 Å². The third-order valence-corrected chi connectivity index (χ3v) is 4.67. The molecule has 3 rings (SSSR count). The van der Waals surface area contributed by atoms with Crippen LogP contribution in [0.4, 0.5) is 0 Å². The van der Waals surface area contributed by atoms with E-state index in [-0.39, 0.29) is 12.0 Å². The van der Waals surface area contributed by atoms with Crippen molar-refractivity contribution in [1.29, 1.82) is 0 Å². The van der Waals surface area contributed by atoms with Crippen molar-refractivity contribution in [2.45, 2.75) is 57.8 Å². The Morgan fingerprint density at radius 3 is 2.43 bits per heavy atom. The zero-order valence-corrected chi connectivity index (χ0v) is 14.3. The average molecular weight is 318 g/mol. The first-order chi connectivity index (χ1) is 10.7. The van der Waals surface area contributed by atoms with Crippen LogP contribution < -0.4 is 15.6 Å². The number of carbonyl (C=O) groups excluding carboxylic acids is 1. The van der Waals surface area contributed by atoms with Crippen molar-refractivity contribution in [3.8, 4) is 5.75 Å². The monoisotopic (exact) mass is 318 g/mol. The number of amides is 1. The number of ether oxygens (including phenoxy) is 1. The van der Waals surface area contributed by atoms with E-state index in [1.165, 1.54) is 0 Å². The lowest BCUT2D eigenvalue weighted by Gasteiger charge is -2.32. The van der Waals surface area contributed by atoms with Gasteiger partial charge in [0.2, 0.25) is 0 Å². The van der Waals surface area contributed by atoms with Crippen molar-refractivity contribution in [3.05, 3.63) is 17.8 Å². The molecule has 6 nitrogen and oxygen atoms in total. The van der Waals surface area contributed by atoms with E-state index in [9.17, 15) is 4.79 Å². The van der Waals surface area contributed by atoms with Crippen molar-refractivity contribution < 1.29 is 18.8 Å². The van der Waals surface area contributed by atoms with Gasteiger partial charge in [-0.2, -0.15) is 0 Å². The van der Waals surface area contributed by atoms with Crippen molar-refractivity contribution >= 4 is 18.6 Å². The van der Waals surface area contributed by atoms with Crippen molar-refractivity contribution in [3.63, 3.8) is 0 Å². The van der Waals surface area contributed by atoms with Crippen molar-refractivity contribution in [2.75, 3.05) is 7.05 Å². The second-order valence-corrected chi connectivity index (χ2v) is 7.09. The van der Waals surface area contributed by atoms with Gasteiger partial charge in [0.05, 0.1) is 34.7 Å². The highest BCUT2D eigenvalue weighted by Crippen LogP contribution is 2.36. The SMILES string of the molecule is CNC(=O)c1cc(B2OC(C)(C)C(C)(C)O2)ncc1OC1CC1. The van der Waals surface area contributed by atoms with Gasteiger partial charge in [-0.1, -0.05) is 0 Å². The molecule has 1 amide bonds. The normalized spacial score (nSPS) is 22.0. The molecule has 1 aromatic heterocycles. The first-order valence-electron chi connectivity index (χ1n) is 7.98. The number of hydrogen-bond donors (Lipinski definition) is 1. The molecule has 0 spiro atoms. The zero-order valence-electron chi connectivity index (χ0n) is 14.3. The molecule has 1 aromatic rings. The van der Waals surface area contributed by atoms with Gasteiger partial charge in [0.1, 0.15) is 0 Å². The first kappa shape index (κ1) is 16.3. The second kappa shape index (κ2) is 5.49. The van der Waals surface area contributed by atoms with Crippen molar-refractivity contribution in [2.24, 2.45) is 0 Å². The highest BCUT2D eigenvalue weighted by Gasteiger charge is 2.52. The molecule has 1 aliphatic heterocycles. The first-order valence-corrected chi connectivity index (χ1v) is 7.98. The fourth-order valence-corrected chi connectivity index (χ4v) is 2.32. The van der Waals surface area contributed by atoms with Gasteiger partial charge in [-0.25, -0.2) is 0 Å². The Bertz CT molecular complexity index is 613. The standard InChI is InChI=1S/C16H23BN2O4/c1-15(2)16(3,4)23-17(22-15)13-8-11(14(20)18-5)12(9-19-13)21-10-6-7-10/h8-10H,6-7H2,1-5H3,(H,18,20). The number of nitrogens with one attached hydrogen (secondary N) is 1. The number of aromatic nitrogens is 1. The maximum absolute atomic E-state index is 12.2. The van der Waals surface area contributed by atoms with Crippen LogP contribution in [0, 0.1) is 0 Å². The van der Waals surface area contributed by atoms with Gasteiger partial charge in [0, 0.05) is 7.05 Å². The Balaban J connectivity index is 1.90. The zero-order chi connectivity index (χ0) is 16.8. The molecule has 0 radical (unpaired) electrons. The number of rotatable bonds is 4. The molecule has 1 saturated carbocycles. The molecule has 2 aliphatic rings. The third-order valence-electron chi connectivity index (χ3n) is 4.67. The van der Waals surface area contributed by atoms with Crippen LogP contribution in [0.25, 0.3) is 0 Å². The minimum Gasteiger partial charge on any atom is -0.488 e. The summed E-state index contributed by atoms with van der Waals surface area (Å²) in [6, 6.07) is 1.69. The largest absolute Gasteiger partial charge is 0.514 e. The average Bonchev–Trinajstić information content (AvgIpc) is 3.25.